The Morgan fingerprint density at radius 2 is 2.06 bits per heavy atom. The van der Waals surface area contributed by atoms with Crippen LogP contribution in [0.1, 0.15) is 38.5 Å². The summed E-state index contributed by atoms with van der Waals surface area (Å²) in [5.74, 6) is 1.83. The Hall–Kier alpha value is -0.340. The average molecular weight is 237 g/mol. The van der Waals surface area contributed by atoms with Gasteiger partial charge in [-0.05, 0) is 69.9 Å². The zero-order chi connectivity index (χ0) is 11.6. The van der Waals surface area contributed by atoms with Crippen molar-refractivity contribution >= 4 is 11.3 Å². The molecule has 0 spiro atoms. The third-order valence-corrected chi connectivity index (χ3v) is 4.41. The van der Waals surface area contributed by atoms with E-state index in [0.717, 1.165) is 11.8 Å². The molecular formula is C14H23NS. The van der Waals surface area contributed by atoms with E-state index in [4.69, 9.17) is 0 Å². The first-order valence-electron chi connectivity index (χ1n) is 6.32. The number of thiophene rings is 1. The first-order chi connectivity index (χ1) is 7.54. The highest BCUT2D eigenvalue weighted by molar-refractivity contribution is 7.09. The van der Waals surface area contributed by atoms with Crippen LogP contribution >= 0.6 is 11.3 Å². The second-order valence-corrected chi connectivity index (χ2v) is 7.04. The first-order valence-corrected chi connectivity index (χ1v) is 7.20. The average Bonchev–Trinajstić information content (AvgIpc) is 2.63. The minimum atomic E-state index is 0.267. The van der Waals surface area contributed by atoms with Crippen LogP contribution < -0.4 is 5.32 Å². The fourth-order valence-electron chi connectivity index (χ4n) is 2.30. The van der Waals surface area contributed by atoms with Gasteiger partial charge < -0.3 is 5.32 Å². The zero-order valence-electron chi connectivity index (χ0n) is 10.6. The SMILES string of the molecule is CC(C)(C)NCC1CCC1Cc1cccs1. The molecule has 2 atom stereocenters. The molecule has 1 heterocycles. The van der Waals surface area contributed by atoms with Crippen LogP contribution in [0, 0.1) is 11.8 Å². The van der Waals surface area contributed by atoms with E-state index in [0.29, 0.717) is 0 Å². The van der Waals surface area contributed by atoms with E-state index in [2.05, 4.69) is 43.6 Å². The second kappa shape index (κ2) is 4.89. The Morgan fingerprint density at radius 1 is 1.31 bits per heavy atom. The molecule has 1 aliphatic rings. The summed E-state index contributed by atoms with van der Waals surface area (Å²) in [6.45, 7) is 7.94. The predicted molar refractivity (Wildman–Crippen MR) is 72.0 cm³/mol. The molecule has 2 rings (SSSR count). The number of hydrogen-bond donors (Lipinski definition) is 1. The van der Waals surface area contributed by atoms with Crippen LogP contribution in [0.4, 0.5) is 0 Å². The molecule has 16 heavy (non-hydrogen) atoms. The van der Waals surface area contributed by atoms with E-state index in [1.165, 1.54) is 25.8 Å². The molecule has 1 aliphatic carbocycles. The summed E-state index contributed by atoms with van der Waals surface area (Å²) in [7, 11) is 0. The fraction of sp³-hybridized carbons (Fsp3) is 0.714. The van der Waals surface area contributed by atoms with E-state index in [9.17, 15) is 0 Å². The van der Waals surface area contributed by atoms with Gasteiger partial charge in [0.15, 0.2) is 0 Å². The van der Waals surface area contributed by atoms with Crippen molar-refractivity contribution < 1.29 is 0 Å². The van der Waals surface area contributed by atoms with E-state index >= 15 is 0 Å². The Kier molecular flexibility index (Phi) is 3.70. The Balaban J connectivity index is 1.76. The molecule has 0 aliphatic heterocycles. The van der Waals surface area contributed by atoms with E-state index in [1.54, 1.807) is 4.88 Å². The lowest BCUT2D eigenvalue weighted by atomic mass is 9.71. The molecule has 1 fully saturated rings. The van der Waals surface area contributed by atoms with Crippen LogP contribution in [-0.4, -0.2) is 12.1 Å². The van der Waals surface area contributed by atoms with Crippen molar-refractivity contribution in [3.8, 4) is 0 Å². The smallest absolute Gasteiger partial charge is 0.00966 e. The van der Waals surface area contributed by atoms with Gasteiger partial charge >= 0.3 is 0 Å². The van der Waals surface area contributed by atoms with Crippen molar-refractivity contribution in [3.05, 3.63) is 22.4 Å². The van der Waals surface area contributed by atoms with E-state index < -0.39 is 0 Å². The maximum absolute atomic E-state index is 3.64. The maximum Gasteiger partial charge on any atom is 0.00966 e. The van der Waals surface area contributed by atoms with Gasteiger partial charge in [0.05, 0.1) is 0 Å². The van der Waals surface area contributed by atoms with Crippen molar-refractivity contribution in [1.82, 2.24) is 5.32 Å². The van der Waals surface area contributed by atoms with Gasteiger partial charge in [-0.1, -0.05) is 6.07 Å². The molecule has 2 unspecified atom stereocenters. The van der Waals surface area contributed by atoms with Gasteiger partial charge in [0.25, 0.3) is 0 Å². The number of nitrogens with one attached hydrogen (secondary N) is 1. The Bertz CT molecular complexity index is 310. The molecule has 90 valence electrons. The van der Waals surface area contributed by atoms with Crippen LogP contribution in [0.15, 0.2) is 17.5 Å². The normalized spacial score (nSPS) is 25.4. The third kappa shape index (κ3) is 3.33. The summed E-state index contributed by atoms with van der Waals surface area (Å²) in [5.41, 5.74) is 0.267. The van der Waals surface area contributed by atoms with Crippen molar-refractivity contribution in [1.29, 1.82) is 0 Å². The number of hydrogen-bond acceptors (Lipinski definition) is 2. The highest BCUT2D eigenvalue weighted by atomic mass is 32.1. The Labute approximate surface area is 103 Å². The summed E-state index contributed by atoms with van der Waals surface area (Å²) in [4.78, 5) is 1.56. The van der Waals surface area contributed by atoms with E-state index in [-0.39, 0.29) is 5.54 Å². The monoisotopic (exact) mass is 237 g/mol. The minimum absolute atomic E-state index is 0.267. The standard InChI is InChI=1S/C14H23NS/c1-14(2,3)15-10-12-7-6-11(12)9-13-5-4-8-16-13/h4-5,8,11-12,15H,6-7,9-10H2,1-3H3. The molecule has 1 aromatic heterocycles. The molecule has 1 nitrogen and oxygen atoms in total. The predicted octanol–water partition coefficient (Wildman–Crippen LogP) is 3.70. The molecule has 1 saturated carbocycles. The highest BCUT2D eigenvalue weighted by Gasteiger charge is 2.31. The van der Waals surface area contributed by atoms with Crippen LogP contribution in [-0.2, 0) is 6.42 Å². The topological polar surface area (TPSA) is 12.0 Å². The zero-order valence-corrected chi connectivity index (χ0v) is 11.4. The van der Waals surface area contributed by atoms with Gasteiger partial charge in [0.2, 0.25) is 0 Å². The summed E-state index contributed by atoms with van der Waals surface area (Å²) >= 11 is 1.91. The van der Waals surface area contributed by atoms with Crippen molar-refractivity contribution in [2.24, 2.45) is 11.8 Å². The molecule has 0 amide bonds. The lowest BCUT2D eigenvalue weighted by Crippen LogP contribution is -2.44. The second-order valence-electron chi connectivity index (χ2n) is 6.01. The third-order valence-electron chi connectivity index (χ3n) is 3.51. The molecule has 0 radical (unpaired) electrons. The van der Waals surface area contributed by atoms with Crippen molar-refractivity contribution in [2.45, 2.75) is 45.6 Å². The summed E-state index contributed by atoms with van der Waals surface area (Å²) < 4.78 is 0. The van der Waals surface area contributed by atoms with Gasteiger partial charge in [-0.2, -0.15) is 0 Å². The summed E-state index contributed by atoms with van der Waals surface area (Å²) in [6, 6.07) is 4.44. The van der Waals surface area contributed by atoms with Gasteiger partial charge in [0, 0.05) is 10.4 Å². The summed E-state index contributed by atoms with van der Waals surface area (Å²) in [5, 5.41) is 5.83. The lowest BCUT2D eigenvalue weighted by molar-refractivity contribution is 0.160. The maximum atomic E-state index is 3.64. The van der Waals surface area contributed by atoms with Gasteiger partial charge in [0.1, 0.15) is 0 Å². The van der Waals surface area contributed by atoms with Crippen molar-refractivity contribution in [3.63, 3.8) is 0 Å². The lowest BCUT2D eigenvalue weighted by Gasteiger charge is -2.38. The molecule has 1 N–H and O–H groups in total. The molecule has 0 saturated heterocycles. The molecule has 0 aromatic carbocycles. The van der Waals surface area contributed by atoms with Gasteiger partial charge in [-0.25, -0.2) is 0 Å². The highest BCUT2D eigenvalue weighted by Crippen LogP contribution is 2.37. The largest absolute Gasteiger partial charge is 0.312 e. The van der Waals surface area contributed by atoms with Crippen LogP contribution in [0.25, 0.3) is 0 Å². The van der Waals surface area contributed by atoms with Crippen LogP contribution in [0.5, 0.6) is 0 Å². The van der Waals surface area contributed by atoms with Gasteiger partial charge in [-0.3, -0.25) is 0 Å². The molecule has 1 aromatic rings. The van der Waals surface area contributed by atoms with Crippen molar-refractivity contribution in [2.75, 3.05) is 6.54 Å². The Morgan fingerprint density at radius 3 is 2.56 bits per heavy atom. The first kappa shape index (κ1) is 12.1. The van der Waals surface area contributed by atoms with Gasteiger partial charge in [-0.15, -0.1) is 11.3 Å². The fourth-order valence-corrected chi connectivity index (χ4v) is 3.10. The molecule has 0 bridgehead atoms. The van der Waals surface area contributed by atoms with E-state index in [1.807, 2.05) is 11.3 Å². The molecule has 2 heteroatoms. The minimum Gasteiger partial charge on any atom is -0.312 e. The number of rotatable bonds is 4. The molecular weight excluding hydrogens is 214 g/mol. The van der Waals surface area contributed by atoms with Crippen LogP contribution in [0.3, 0.4) is 0 Å². The quantitative estimate of drug-likeness (QED) is 0.842. The van der Waals surface area contributed by atoms with Crippen LogP contribution in [0.2, 0.25) is 0 Å². The summed E-state index contributed by atoms with van der Waals surface area (Å²) in [6.07, 6.45) is 4.14.